The fourth-order valence-corrected chi connectivity index (χ4v) is 1.45. The Morgan fingerprint density at radius 2 is 2.29 bits per heavy atom. The maximum atomic E-state index is 10.8. The molecule has 0 radical (unpaired) electrons. The number of nitrogens with zero attached hydrogens (tertiary/aromatic N) is 3. The van der Waals surface area contributed by atoms with Gasteiger partial charge in [0.15, 0.2) is 0 Å². The molecule has 1 aromatic carbocycles. The van der Waals surface area contributed by atoms with Crippen LogP contribution in [-0.2, 0) is 7.05 Å². The third-order valence-corrected chi connectivity index (χ3v) is 2.16. The summed E-state index contributed by atoms with van der Waals surface area (Å²) in [4.78, 5) is 10.3. The molecule has 7 heteroatoms. The maximum Gasteiger partial charge on any atom is 0.331 e. The number of hydrogen-bond acceptors (Lipinski definition) is 5. The van der Waals surface area contributed by atoms with E-state index >= 15 is 0 Å². The molecular formula is C10H11N5O2. The number of anilines is 3. The van der Waals surface area contributed by atoms with Crippen molar-refractivity contribution in [2.75, 3.05) is 11.1 Å². The molecule has 3 N–H and O–H groups in total. The fourth-order valence-electron chi connectivity index (χ4n) is 1.45. The Morgan fingerprint density at radius 1 is 1.53 bits per heavy atom. The van der Waals surface area contributed by atoms with E-state index in [1.165, 1.54) is 10.9 Å². The van der Waals surface area contributed by atoms with Crippen LogP contribution in [0.1, 0.15) is 0 Å². The van der Waals surface area contributed by atoms with Crippen LogP contribution in [0.3, 0.4) is 0 Å². The van der Waals surface area contributed by atoms with Crippen LogP contribution in [-0.4, -0.2) is 14.7 Å². The largest absolute Gasteiger partial charge is 0.399 e. The van der Waals surface area contributed by atoms with Crippen molar-refractivity contribution in [2.45, 2.75) is 0 Å². The average Bonchev–Trinajstić information content (AvgIpc) is 2.59. The molecule has 0 amide bonds. The molecule has 0 fully saturated rings. The molecule has 2 aromatic rings. The van der Waals surface area contributed by atoms with Crippen molar-refractivity contribution in [3.63, 3.8) is 0 Å². The minimum Gasteiger partial charge on any atom is -0.399 e. The normalized spacial score (nSPS) is 10.2. The lowest BCUT2D eigenvalue weighted by molar-refractivity contribution is -0.384. The van der Waals surface area contributed by atoms with Gasteiger partial charge in [0.25, 0.3) is 0 Å². The lowest BCUT2D eigenvalue weighted by atomic mass is 10.3. The molecule has 1 aromatic heterocycles. The monoisotopic (exact) mass is 233 g/mol. The van der Waals surface area contributed by atoms with E-state index in [-0.39, 0.29) is 11.5 Å². The van der Waals surface area contributed by atoms with E-state index in [9.17, 15) is 10.1 Å². The van der Waals surface area contributed by atoms with Crippen LogP contribution in [0.25, 0.3) is 0 Å². The van der Waals surface area contributed by atoms with Gasteiger partial charge in [0, 0.05) is 18.4 Å². The van der Waals surface area contributed by atoms with Crippen molar-refractivity contribution in [3.05, 3.63) is 40.6 Å². The van der Waals surface area contributed by atoms with Crippen LogP contribution in [0.5, 0.6) is 0 Å². The Morgan fingerprint density at radius 3 is 2.94 bits per heavy atom. The minimum absolute atomic E-state index is 0.0741. The summed E-state index contributed by atoms with van der Waals surface area (Å²) in [5, 5.41) is 17.6. The summed E-state index contributed by atoms with van der Waals surface area (Å²) in [7, 11) is 1.62. The summed E-state index contributed by atoms with van der Waals surface area (Å²) in [6.45, 7) is 0. The molecule has 17 heavy (non-hydrogen) atoms. The van der Waals surface area contributed by atoms with Gasteiger partial charge in [-0.05, 0) is 18.2 Å². The molecule has 0 aliphatic heterocycles. The molecule has 7 nitrogen and oxygen atoms in total. The van der Waals surface area contributed by atoms with Crippen molar-refractivity contribution in [1.29, 1.82) is 0 Å². The molecule has 0 saturated carbocycles. The number of rotatable bonds is 3. The van der Waals surface area contributed by atoms with E-state index in [2.05, 4.69) is 10.4 Å². The summed E-state index contributed by atoms with van der Waals surface area (Å²) in [5.41, 5.74) is 6.78. The van der Waals surface area contributed by atoms with E-state index in [0.29, 0.717) is 11.4 Å². The van der Waals surface area contributed by atoms with Gasteiger partial charge in [-0.25, -0.2) is 0 Å². The van der Waals surface area contributed by atoms with Crippen molar-refractivity contribution < 1.29 is 4.92 Å². The number of aromatic nitrogens is 2. The van der Waals surface area contributed by atoms with Crippen LogP contribution in [0, 0.1) is 10.1 Å². The summed E-state index contributed by atoms with van der Waals surface area (Å²) >= 11 is 0. The van der Waals surface area contributed by atoms with Crippen LogP contribution in [0.15, 0.2) is 30.5 Å². The van der Waals surface area contributed by atoms with Crippen LogP contribution >= 0.6 is 0 Å². The second-order valence-corrected chi connectivity index (χ2v) is 3.54. The predicted molar refractivity (Wildman–Crippen MR) is 64.0 cm³/mol. The van der Waals surface area contributed by atoms with E-state index < -0.39 is 4.92 Å². The first-order chi connectivity index (χ1) is 8.06. The Labute approximate surface area is 97.0 Å². The lowest BCUT2D eigenvalue weighted by Gasteiger charge is -2.03. The van der Waals surface area contributed by atoms with Gasteiger partial charge in [-0.1, -0.05) is 6.07 Å². The Kier molecular flexibility index (Phi) is 2.65. The van der Waals surface area contributed by atoms with E-state index in [0.717, 1.165) is 0 Å². The van der Waals surface area contributed by atoms with Gasteiger partial charge in [-0.2, -0.15) is 0 Å². The predicted octanol–water partition coefficient (Wildman–Crippen LogP) is 1.65. The van der Waals surface area contributed by atoms with E-state index in [1.54, 1.807) is 31.3 Å². The highest BCUT2D eigenvalue weighted by Crippen LogP contribution is 2.25. The zero-order valence-electron chi connectivity index (χ0n) is 9.12. The molecule has 0 unspecified atom stereocenters. The summed E-state index contributed by atoms with van der Waals surface area (Å²) in [6, 6.07) is 6.93. The first-order valence-electron chi connectivity index (χ1n) is 4.87. The Hall–Kier alpha value is -2.57. The summed E-state index contributed by atoms with van der Waals surface area (Å²) in [6.07, 6.45) is 1.34. The number of nitrogens with one attached hydrogen (secondary N) is 1. The van der Waals surface area contributed by atoms with Crippen LogP contribution in [0.4, 0.5) is 22.9 Å². The van der Waals surface area contributed by atoms with Crippen molar-refractivity contribution in [1.82, 2.24) is 9.78 Å². The van der Waals surface area contributed by atoms with E-state index in [4.69, 9.17) is 5.73 Å². The zero-order chi connectivity index (χ0) is 12.4. The average molecular weight is 233 g/mol. The Balaban J connectivity index is 2.32. The molecule has 0 spiro atoms. The van der Waals surface area contributed by atoms with Gasteiger partial charge in [0.1, 0.15) is 6.20 Å². The second kappa shape index (κ2) is 4.12. The number of aryl methyl sites for hydroxylation is 1. The number of hydrogen-bond donors (Lipinski definition) is 2. The van der Waals surface area contributed by atoms with Crippen molar-refractivity contribution in [3.8, 4) is 0 Å². The maximum absolute atomic E-state index is 10.8. The molecule has 0 atom stereocenters. The highest BCUT2D eigenvalue weighted by molar-refractivity contribution is 5.67. The number of nitrogens with two attached hydrogens (primary N) is 1. The van der Waals surface area contributed by atoms with Gasteiger partial charge in [-0.3, -0.25) is 14.8 Å². The Bertz CT molecular complexity index is 564. The van der Waals surface area contributed by atoms with Crippen LogP contribution < -0.4 is 11.1 Å². The van der Waals surface area contributed by atoms with Crippen molar-refractivity contribution >= 4 is 22.9 Å². The van der Waals surface area contributed by atoms with Crippen molar-refractivity contribution in [2.24, 2.45) is 7.05 Å². The minimum atomic E-state index is -0.484. The fraction of sp³-hybridized carbons (Fsp3) is 0.100. The molecule has 0 aliphatic carbocycles. The standard InChI is InChI=1S/C10H11N5O2/c1-14-6-9(15(16)17)10(13-14)12-8-4-2-3-7(11)5-8/h2-6H,11H2,1H3,(H,12,13). The molecule has 0 aliphatic rings. The smallest absolute Gasteiger partial charge is 0.331 e. The van der Waals surface area contributed by atoms with E-state index in [1.807, 2.05) is 0 Å². The number of nitrogen functional groups attached to an aromatic ring is 1. The zero-order valence-corrected chi connectivity index (χ0v) is 9.12. The SMILES string of the molecule is Cn1cc([N+](=O)[O-])c(Nc2cccc(N)c2)n1. The third kappa shape index (κ3) is 2.33. The first kappa shape index (κ1) is 10.9. The summed E-state index contributed by atoms with van der Waals surface area (Å²) in [5.74, 6) is 0.197. The van der Waals surface area contributed by atoms with Gasteiger partial charge in [0.05, 0.1) is 4.92 Å². The summed E-state index contributed by atoms with van der Waals surface area (Å²) < 4.78 is 1.38. The third-order valence-electron chi connectivity index (χ3n) is 2.16. The second-order valence-electron chi connectivity index (χ2n) is 3.54. The first-order valence-corrected chi connectivity index (χ1v) is 4.87. The van der Waals surface area contributed by atoms with Crippen LogP contribution in [0.2, 0.25) is 0 Å². The highest BCUT2D eigenvalue weighted by Gasteiger charge is 2.18. The highest BCUT2D eigenvalue weighted by atomic mass is 16.6. The molecular weight excluding hydrogens is 222 g/mol. The van der Waals surface area contributed by atoms with Gasteiger partial charge in [0.2, 0.25) is 5.82 Å². The van der Waals surface area contributed by atoms with Gasteiger partial charge < -0.3 is 11.1 Å². The van der Waals surface area contributed by atoms with Gasteiger partial charge in [-0.15, -0.1) is 5.10 Å². The molecule has 1 heterocycles. The molecule has 0 bridgehead atoms. The molecule has 88 valence electrons. The number of nitro groups is 1. The molecule has 2 rings (SSSR count). The molecule has 0 saturated heterocycles. The topological polar surface area (TPSA) is 99.0 Å². The number of benzene rings is 1. The van der Waals surface area contributed by atoms with Gasteiger partial charge >= 0.3 is 5.69 Å². The quantitative estimate of drug-likeness (QED) is 0.477. The lowest BCUT2D eigenvalue weighted by Crippen LogP contribution is -1.97.